The van der Waals surface area contributed by atoms with E-state index < -0.39 is 0 Å². The normalized spacial score (nSPS) is 11.4. The molecule has 0 aliphatic carbocycles. The van der Waals surface area contributed by atoms with Crippen LogP contribution in [-0.4, -0.2) is 9.55 Å². The number of hydrogen-bond donors (Lipinski definition) is 0. The first kappa shape index (κ1) is 20.1. The number of fused-ring (bicyclic) bond motifs is 1. The lowest BCUT2D eigenvalue weighted by Crippen LogP contribution is -2.22. The zero-order valence-electron chi connectivity index (χ0n) is 14.7. The third-order valence-corrected chi connectivity index (χ3v) is 5.51. The minimum Gasteiger partial charge on any atom is -0.268 e. The van der Waals surface area contributed by atoms with Crippen LogP contribution in [0.3, 0.4) is 0 Å². The lowest BCUT2D eigenvalue weighted by molar-refractivity contribution is 0.628. The summed E-state index contributed by atoms with van der Waals surface area (Å²) in [4.78, 5) is 18.0. The van der Waals surface area contributed by atoms with Crippen LogP contribution in [0.1, 0.15) is 11.4 Å². The molecule has 0 bridgehead atoms. The number of aromatic nitrogens is 2. The topological polar surface area (TPSA) is 34.9 Å². The van der Waals surface area contributed by atoms with Crippen molar-refractivity contribution in [2.75, 3.05) is 0 Å². The standard InChI is InChI=1S/C22H12Cl2FIN2O/c23-14-4-9-20(18(24)11-14)28-21(10-3-13-1-5-15(25)6-2-13)27-19-8-7-16(26)12-17(19)22(28)29/h1-12H. The molecule has 29 heavy (non-hydrogen) atoms. The quantitative estimate of drug-likeness (QED) is 0.276. The van der Waals surface area contributed by atoms with Crippen LogP contribution in [0.4, 0.5) is 4.39 Å². The number of benzene rings is 3. The van der Waals surface area contributed by atoms with Crippen molar-refractivity contribution in [2.24, 2.45) is 0 Å². The van der Waals surface area contributed by atoms with Gasteiger partial charge in [0.2, 0.25) is 0 Å². The molecular weight excluding hydrogens is 525 g/mol. The molecule has 0 radical (unpaired) electrons. The maximum Gasteiger partial charge on any atom is 0.266 e. The SMILES string of the molecule is O=c1c2cc(I)ccc2nc(C=Cc2ccc(F)cc2)n1-c1ccc(Cl)cc1Cl. The van der Waals surface area contributed by atoms with Crippen LogP contribution in [0, 0.1) is 9.39 Å². The van der Waals surface area contributed by atoms with Crippen molar-refractivity contribution in [3.63, 3.8) is 0 Å². The number of nitrogens with zero attached hydrogens (tertiary/aromatic N) is 2. The van der Waals surface area contributed by atoms with E-state index in [2.05, 4.69) is 27.6 Å². The Kier molecular flexibility index (Phi) is 5.72. The summed E-state index contributed by atoms with van der Waals surface area (Å²) in [7, 11) is 0. The van der Waals surface area contributed by atoms with Gasteiger partial charge in [-0.05, 0) is 82.8 Å². The van der Waals surface area contributed by atoms with E-state index in [9.17, 15) is 9.18 Å². The van der Waals surface area contributed by atoms with Crippen LogP contribution in [0.25, 0.3) is 28.7 Å². The third kappa shape index (κ3) is 4.22. The molecule has 7 heteroatoms. The Labute approximate surface area is 189 Å². The monoisotopic (exact) mass is 536 g/mol. The maximum atomic E-state index is 13.3. The smallest absolute Gasteiger partial charge is 0.266 e. The van der Waals surface area contributed by atoms with Gasteiger partial charge in [0.25, 0.3) is 5.56 Å². The van der Waals surface area contributed by atoms with Crippen LogP contribution >= 0.6 is 45.8 Å². The van der Waals surface area contributed by atoms with Crippen molar-refractivity contribution < 1.29 is 4.39 Å². The van der Waals surface area contributed by atoms with Gasteiger partial charge >= 0.3 is 0 Å². The van der Waals surface area contributed by atoms with Crippen molar-refractivity contribution in [3.05, 3.63) is 102 Å². The van der Waals surface area contributed by atoms with Gasteiger partial charge in [-0.3, -0.25) is 9.36 Å². The highest BCUT2D eigenvalue weighted by atomic mass is 127. The van der Waals surface area contributed by atoms with E-state index in [-0.39, 0.29) is 11.4 Å². The Morgan fingerprint density at radius 2 is 1.72 bits per heavy atom. The summed E-state index contributed by atoms with van der Waals surface area (Å²) in [6.07, 6.45) is 3.47. The molecule has 1 aromatic heterocycles. The second kappa shape index (κ2) is 8.26. The van der Waals surface area contributed by atoms with E-state index in [0.29, 0.717) is 32.5 Å². The third-order valence-electron chi connectivity index (χ3n) is 4.30. The number of hydrogen-bond acceptors (Lipinski definition) is 2. The average molecular weight is 537 g/mol. The molecule has 144 valence electrons. The van der Waals surface area contributed by atoms with Crippen LogP contribution in [0.15, 0.2) is 65.5 Å². The second-order valence-corrected chi connectivity index (χ2v) is 8.34. The van der Waals surface area contributed by atoms with Crippen LogP contribution in [0.5, 0.6) is 0 Å². The molecule has 0 saturated heterocycles. The Morgan fingerprint density at radius 3 is 2.45 bits per heavy atom. The molecule has 0 amide bonds. The first-order valence-electron chi connectivity index (χ1n) is 8.54. The van der Waals surface area contributed by atoms with Crippen LogP contribution < -0.4 is 5.56 Å². The van der Waals surface area contributed by atoms with E-state index in [4.69, 9.17) is 23.2 Å². The lowest BCUT2D eigenvalue weighted by Gasteiger charge is -2.13. The van der Waals surface area contributed by atoms with E-state index in [0.717, 1.165) is 9.13 Å². The summed E-state index contributed by atoms with van der Waals surface area (Å²) in [5.41, 5.74) is 1.59. The minimum absolute atomic E-state index is 0.239. The van der Waals surface area contributed by atoms with Gasteiger partial charge in [0, 0.05) is 8.59 Å². The van der Waals surface area contributed by atoms with Crippen LogP contribution in [0.2, 0.25) is 10.0 Å². The minimum atomic E-state index is -0.314. The molecule has 0 N–H and O–H groups in total. The fourth-order valence-electron chi connectivity index (χ4n) is 2.93. The molecule has 0 fully saturated rings. The fourth-order valence-corrected chi connectivity index (χ4v) is 3.91. The molecule has 4 rings (SSSR count). The van der Waals surface area contributed by atoms with Gasteiger partial charge in [0.15, 0.2) is 0 Å². The van der Waals surface area contributed by atoms with Crippen molar-refractivity contribution in [1.82, 2.24) is 9.55 Å². The Bertz CT molecular complexity index is 1320. The molecule has 0 unspecified atom stereocenters. The fraction of sp³-hybridized carbons (Fsp3) is 0. The summed E-state index contributed by atoms with van der Waals surface area (Å²) in [5.74, 6) is 0.0858. The Morgan fingerprint density at radius 1 is 0.966 bits per heavy atom. The second-order valence-electron chi connectivity index (χ2n) is 6.25. The van der Waals surface area contributed by atoms with Gasteiger partial charge in [-0.15, -0.1) is 0 Å². The molecule has 4 aromatic rings. The Balaban J connectivity index is 1.97. The van der Waals surface area contributed by atoms with Gasteiger partial charge in [-0.25, -0.2) is 9.37 Å². The summed E-state index contributed by atoms with van der Waals surface area (Å²) in [5, 5.41) is 1.29. The molecule has 0 aliphatic rings. The largest absolute Gasteiger partial charge is 0.268 e. The van der Waals surface area contributed by atoms with E-state index in [1.807, 2.05) is 12.1 Å². The molecule has 0 aliphatic heterocycles. The molecule has 1 heterocycles. The van der Waals surface area contributed by atoms with Crippen molar-refractivity contribution >= 4 is 68.8 Å². The lowest BCUT2D eigenvalue weighted by atomic mass is 10.2. The van der Waals surface area contributed by atoms with E-state index >= 15 is 0 Å². The summed E-state index contributed by atoms with van der Waals surface area (Å²) >= 11 is 14.6. The molecule has 3 nitrogen and oxygen atoms in total. The molecule has 0 atom stereocenters. The van der Waals surface area contributed by atoms with Crippen molar-refractivity contribution in [3.8, 4) is 5.69 Å². The van der Waals surface area contributed by atoms with Gasteiger partial charge in [-0.2, -0.15) is 0 Å². The zero-order chi connectivity index (χ0) is 20.5. The molecular formula is C22H12Cl2FIN2O. The van der Waals surface area contributed by atoms with Crippen molar-refractivity contribution in [2.45, 2.75) is 0 Å². The molecule has 3 aromatic carbocycles. The van der Waals surface area contributed by atoms with E-state index in [1.165, 1.54) is 16.7 Å². The van der Waals surface area contributed by atoms with E-state index in [1.54, 1.807) is 48.6 Å². The first-order chi connectivity index (χ1) is 13.9. The van der Waals surface area contributed by atoms with Gasteiger partial charge < -0.3 is 0 Å². The molecule has 0 saturated carbocycles. The molecule has 0 spiro atoms. The highest BCUT2D eigenvalue weighted by Gasteiger charge is 2.14. The predicted molar refractivity (Wildman–Crippen MR) is 125 cm³/mol. The van der Waals surface area contributed by atoms with Crippen molar-refractivity contribution in [1.29, 1.82) is 0 Å². The summed E-state index contributed by atoms with van der Waals surface area (Å²) in [6, 6.07) is 16.5. The van der Waals surface area contributed by atoms with Crippen LogP contribution in [-0.2, 0) is 0 Å². The highest BCUT2D eigenvalue weighted by molar-refractivity contribution is 14.1. The number of halogens is 4. The highest BCUT2D eigenvalue weighted by Crippen LogP contribution is 2.26. The summed E-state index contributed by atoms with van der Waals surface area (Å²) in [6.45, 7) is 0. The Hall–Kier alpha value is -2.22. The zero-order valence-corrected chi connectivity index (χ0v) is 18.4. The number of rotatable bonds is 3. The van der Waals surface area contributed by atoms with Gasteiger partial charge in [-0.1, -0.05) is 41.4 Å². The van der Waals surface area contributed by atoms with Gasteiger partial charge in [0.05, 0.1) is 21.6 Å². The first-order valence-corrected chi connectivity index (χ1v) is 10.4. The average Bonchev–Trinajstić information content (AvgIpc) is 2.69. The van der Waals surface area contributed by atoms with Gasteiger partial charge in [0.1, 0.15) is 11.6 Å². The predicted octanol–water partition coefficient (Wildman–Crippen LogP) is 6.61. The maximum absolute atomic E-state index is 13.3. The summed E-state index contributed by atoms with van der Waals surface area (Å²) < 4.78 is 15.5.